The van der Waals surface area contributed by atoms with E-state index >= 15 is 0 Å². The van der Waals surface area contributed by atoms with Gasteiger partial charge in [0.2, 0.25) is 5.95 Å². The highest BCUT2D eigenvalue weighted by atomic mass is 16.6. The van der Waals surface area contributed by atoms with Crippen molar-refractivity contribution in [3.8, 4) is 28.7 Å². The van der Waals surface area contributed by atoms with Gasteiger partial charge in [0.05, 0.1) is 25.0 Å². The number of carbonyl (C=O) groups is 1. The van der Waals surface area contributed by atoms with Gasteiger partial charge in [0.15, 0.2) is 0 Å². The van der Waals surface area contributed by atoms with Gasteiger partial charge in [-0.3, -0.25) is 0 Å². The number of ether oxygens (including phenoxy) is 3. The zero-order chi connectivity index (χ0) is 28.0. The SMILES string of the molecule is CCOc1cc(-c2cnc(Nc3ccc(C4CCN(C(=O)OC(C)(C)C)CC4)cc3OC)nc2)ccc1C#N. The Balaban J connectivity index is 1.42. The van der Waals surface area contributed by atoms with Gasteiger partial charge in [-0.15, -0.1) is 0 Å². The number of methoxy groups -OCH3 is 1. The Labute approximate surface area is 229 Å². The minimum Gasteiger partial charge on any atom is -0.495 e. The number of nitriles is 1. The lowest BCUT2D eigenvalue weighted by Crippen LogP contribution is -2.41. The first-order valence-electron chi connectivity index (χ1n) is 13.1. The highest BCUT2D eigenvalue weighted by molar-refractivity contribution is 5.69. The molecule has 4 rings (SSSR count). The summed E-state index contributed by atoms with van der Waals surface area (Å²) in [5.74, 6) is 2.01. The third-order valence-electron chi connectivity index (χ3n) is 6.48. The smallest absolute Gasteiger partial charge is 0.410 e. The van der Waals surface area contributed by atoms with E-state index in [1.807, 2.05) is 52.0 Å². The number of hydrogen-bond donors (Lipinski definition) is 1. The third-order valence-corrected chi connectivity index (χ3v) is 6.48. The summed E-state index contributed by atoms with van der Waals surface area (Å²) in [6.45, 7) is 9.32. The van der Waals surface area contributed by atoms with Gasteiger partial charge in [0.1, 0.15) is 23.2 Å². The van der Waals surface area contributed by atoms with Crippen molar-refractivity contribution in [2.24, 2.45) is 0 Å². The lowest BCUT2D eigenvalue weighted by Gasteiger charge is -2.33. The fraction of sp³-hybridized carbons (Fsp3) is 0.400. The van der Waals surface area contributed by atoms with Crippen LogP contribution in [0.15, 0.2) is 48.8 Å². The summed E-state index contributed by atoms with van der Waals surface area (Å²) < 4.78 is 16.8. The second-order valence-corrected chi connectivity index (χ2v) is 10.4. The van der Waals surface area contributed by atoms with E-state index in [0.717, 1.165) is 29.7 Å². The number of benzene rings is 2. The molecule has 0 spiro atoms. The van der Waals surface area contributed by atoms with Gasteiger partial charge < -0.3 is 24.4 Å². The molecule has 1 aromatic heterocycles. The van der Waals surface area contributed by atoms with Crippen LogP contribution in [0, 0.1) is 11.3 Å². The maximum atomic E-state index is 12.4. The van der Waals surface area contributed by atoms with Crippen LogP contribution in [0.3, 0.4) is 0 Å². The average Bonchev–Trinajstić information content (AvgIpc) is 2.93. The van der Waals surface area contributed by atoms with E-state index in [-0.39, 0.29) is 6.09 Å². The van der Waals surface area contributed by atoms with Crippen LogP contribution < -0.4 is 14.8 Å². The Bertz CT molecular complexity index is 1340. The predicted molar refractivity (Wildman–Crippen MR) is 149 cm³/mol. The van der Waals surface area contributed by atoms with Crippen LogP contribution in [-0.4, -0.2) is 53.4 Å². The quantitative estimate of drug-likeness (QED) is 0.381. The summed E-state index contributed by atoms with van der Waals surface area (Å²) in [6.07, 6.45) is 4.93. The molecule has 2 heterocycles. The maximum Gasteiger partial charge on any atom is 0.410 e. The normalized spacial score (nSPS) is 13.9. The molecule has 0 atom stereocenters. The van der Waals surface area contributed by atoms with Crippen molar-refractivity contribution in [2.75, 3.05) is 32.1 Å². The van der Waals surface area contributed by atoms with E-state index in [4.69, 9.17) is 14.2 Å². The van der Waals surface area contributed by atoms with Gasteiger partial charge in [0, 0.05) is 31.0 Å². The largest absolute Gasteiger partial charge is 0.495 e. The first-order valence-corrected chi connectivity index (χ1v) is 13.1. The summed E-state index contributed by atoms with van der Waals surface area (Å²) in [4.78, 5) is 23.1. The predicted octanol–water partition coefficient (Wildman–Crippen LogP) is 6.28. The van der Waals surface area contributed by atoms with E-state index in [0.29, 0.717) is 48.6 Å². The van der Waals surface area contributed by atoms with Gasteiger partial charge in [0.25, 0.3) is 0 Å². The topological polar surface area (TPSA) is 110 Å². The summed E-state index contributed by atoms with van der Waals surface area (Å²) in [5.41, 5.74) is 3.60. The lowest BCUT2D eigenvalue weighted by atomic mass is 9.89. The Kier molecular flexibility index (Phi) is 8.55. The van der Waals surface area contributed by atoms with Crippen molar-refractivity contribution in [3.05, 3.63) is 59.9 Å². The monoisotopic (exact) mass is 529 g/mol. The van der Waals surface area contributed by atoms with Gasteiger partial charge in [-0.1, -0.05) is 12.1 Å². The molecule has 1 N–H and O–H groups in total. The lowest BCUT2D eigenvalue weighted by molar-refractivity contribution is 0.0205. The number of rotatable bonds is 7. The molecule has 1 fully saturated rings. The molecule has 0 radical (unpaired) electrons. The van der Waals surface area contributed by atoms with E-state index in [2.05, 4.69) is 27.4 Å². The van der Waals surface area contributed by atoms with Crippen molar-refractivity contribution in [1.29, 1.82) is 5.26 Å². The zero-order valence-corrected chi connectivity index (χ0v) is 23.2. The summed E-state index contributed by atoms with van der Waals surface area (Å²) in [7, 11) is 1.64. The van der Waals surface area contributed by atoms with Crippen LogP contribution in [-0.2, 0) is 4.74 Å². The van der Waals surface area contributed by atoms with Gasteiger partial charge >= 0.3 is 6.09 Å². The highest BCUT2D eigenvalue weighted by Gasteiger charge is 2.28. The molecule has 3 aromatic rings. The number of hydrogen-bond acceptors (Lipinski definition) is 8. The van der Waals surface area contributed by atoms with E-state index < -0.39 is 5.60 Å². The van der Waals surface area contributed by atoms with Crippen LogP contribution in [0.5, 0.6) is 11.5 Å². The molecule has 1 saturated heterocycles. The van der Waals surface area contributed by atoms with Crippen molar-refractivity contribution >= 4 is 17.7 Å². The maximum absolute atomic E-state index is 12.4. The van der Waals surface area contributed by atoms with Crippen LogP contribution in [0.25, 0.3) is 11.1 Å². The average molecular weight is 530 g/mol. The molecule has 1 amide bonds. The molecule has 2 aromatic carbocycles. The highest BCUT2D eigenvalue weighted by Crippen LogP contribution is 2.35. The molecule has 0 saturated carbocycles. The van der Waals surface area contributed by atoms with Crippen molar-refractivity contribution in [1.82, 2.24) is 14.9 Å². The second-order valence-electron chi connectivity index (χ2n) is 10.4. The number of nitrogens with one attached hydrogen (secondary N) is 1. The Morgan fingerprint density at radius 1 is 1.08 bits per heavy atom. The minimum absolute atomic E-state index is 0.252. The number of aromatic nitrogens is 2. The Morgan fingerprint density at radius 3 is 2.41 bits per heavy atom. The number of nitrogens with zero attached hydrogens (tertiary/aromatic N) is 4. The fourth-order valence-electron chi connectivity index (χ4n) is 4.52. The van der Waals surface area contributed by atoms with Crippen LogP contribution in [0.2, 0.25) is 0 Å². The van der Waals surface area contributed by atoms with E-state index in [1.165, 1.54) is 5.56 Å². The number of piperidine rings is 1. The molecule has 1 aliphatic rings. The molecule has 204 valence electrons. The summed E-state index contributed by atoms with van der Waals surface area (Å²) in [6, 6.07) is 13.7. The third kappa shape index (κ3) is 6.96. The molecule has 1 aliphatic heterocycles. The fourth-order valence-corrected chi connectivity index (χ4v) is 4.52. The number of anilines is 2. The van der Waals surface area contributed by atoms with E-state index in [1.54, 1.807) is 30.5 Å². The summed E-state index contributed by atoms with van der Waals surface area (Å²) >= 11 is 0. The first kappa shape index (κ1) is 27.7. The van der Waals surface area contributed by atoms with Gasteiger partial charge in [-0.25, -0.2) is 14.8 Å². The van der Waals surface area contributed by atoms with E-state index in [9.17, 15) is 10.1 Å². The first-order chi connectivity index (χ1) is 18.7. The molecule has 0 aliphatic carbocycles. The molecule has 9 heteroatoms. The van der Waals surface area contributed by atoms with Crippen molar-refractivity contribution < 1.29 is 19.0 Å². The Morgan fingerprint density at radius 2 is 1.79 bits per heavy atom. The molecular weight excluding hydrogens is 494 g/mol. The van der Waals surface area contributed by atoms with Crippen molar-refractivity contribution in [2.45, 2.75) is 52.1 Å². The van der Waals surface area contributed by atoms with Gasteiger partial charge in [-0.05, 0) is 81.8 Å². The minimum atomic E-state index is -0.495. The van der Waals surface area contributed by atoms with Crippen LogP contribution in [0.4, 0.5) is 16.4 Å². The molecule has 9 nitrogen and oxygen atoms in total. The number of carbonyl (C=O) groups excluding carboxylic acids is 1. The standard InChI is InChI=1S/C30H35N5O4/c1-6-38-26-15-22(7-8-23(26)17-31)24-18-32-28(33-19-24)34-25-10-9-21(16-27(25)37-5)20-11-13-35(14-12-20)29(36)39-30(2,3)4/h7-10,15-16,18-20H,6,11-14H2,1-5H3,(H,32,33,34). The molecule has 39 heavy (non-hydrogen) atoms. The zero-order valence-electron chi connectivity index (χ0n) is 23.2. The second kappa shape index (κ2) is 12.0. The number of amides is 1. The van der Waals surface area contributed by atoms with Crippen LogP contribution >= 0.6 is 0 Å². The number of likely N-dealkylation sites (tertiary alicyclic amines) is 1. The summed E-state index contributed by atoms with van der Waals surface area (Å²) in [5, 5.41) is 12.5. The Hall–Kier alpha value is -4.32. The molecule has 0 unspecified atom stereocenters. The van der Waals surface area contributed by atoms with Crippen LogP contribution in [0.1, 0.15) is 57.6 Å². The van der Waals surface area contributed by atoms with Gasteiger partial charge in [-0.2, -0.15) is 5.26 Å². The molecular formula is C30H35N5O4. The molecule has 0 bridgehead atoms. The van der Waals surface area contributed by atoms with Crippen molar-refractivity contribution in [3.63, 3.8) is 0 Å².